The molecule has 2 aromatic rings. The highest BCUT2D eigenvalue weighted by atomic mass is 15.2. The van der Waals surface area contributed by atoms with Gasteiger partial charge in [-0.25, -0.2) is 0 Å². The van der Waals surface area contributed by atoms with Gasteiger partial charge in [-0.2, -0.15) is 0 Å². The second kappa shape index (κ2) is 2.91. The van der Waals surface area contributed by atoms with E-state index in [1.54, 1.807) is 6.33 Å². The molecule has 0 aromatic carbocycles. The molecule has 2 aromatic heterocycles. The van der Waals surface area contributed by atoms with Crippen LogP contribution < -0.4 is 5.73 Å². The lowest BCUT2D eigenvalue weighted by atomic mass is 10.2. The topological polar surface area (TPSA) is 56.2 Å². The van der Waals surface area contributed by atoms with Gasteiger partial charge in [-0.05, 0) is 18.7 Å². The third-order valence-corrected chi connectivity index (χ3v) is 1.82. The maximum absolute atomic E-state index is 5.47. The van der Waals surface area contributed by atoms with E-state index in [1.165, 1.54) is 0 Å². The molecule has 12 heavy (non-hydrogen) atoms. The zero-order chi connectivity index (χ0) is 8.39. The molecular weight excluding hydrogens is 152 g/mol. The summed E-state index contributed by atoms with van der Waals surface area (Å²) >= 11 is 0. The molecule has 0 fully saturated rings. The summed E-state index contributed by atoms with van der Waals surface area (Å²) in [5, 5.41) is 7.75. The summed E-state index contributed by atoms with van der Waals surface area (Å²) in [4.78, 5) is 0. The van der Waals surface area contributed by atoms with Crippen LogP contribution in [0.25, 0.3) is 5.65 Å². The Labute approximate surface area is 70.0 Å². The standard InChI is InChI=1S/C8H10N4/c9-5-4-7-2-1-3-8-11-10-6-12(7)8/h1-3,6H,4-5,9H2. The second-order valence-corrected chi connectivity index (χ2v) is 2.61. The summed E-state index contributed by atoms with van der Waals surface area (Å²) in [5.74, 6) is 0. The lowest BCUT2D eigenvalue weighted by molar-refractivity contribution is 0.893. The van der Waals surface area contributed by atoms with Crippen molar-refractivity contribution in [1.82, 2.24) is 14.6 Å². The SMILES string of the molecule is NCCc1cccc2nncn12. The average molecular weight is 162 g/mol. The molecule has 0 unspecified atom stereocenters. The second-order valence-electron chi connectivity index (χ2n) is 2.61. The van der Waals surface area contributed by atoms with E-state index in [2.05, 4.69) is 10.2 Å². The van der Waals surface area contributed by atoms with Gasteiger partial charge in [0.05, 0.1) is 0 Å². The summed E-state index contributed by atoms with van der Waals surface area (Å²) < 4.78 is 1.95. The van der Waals surface area contributed by atoms with Crippen molar-refractivity contribution in [3.05, 3.63) is 30.2 Å². The predicted molar refractivity (Wildman–Crippen MR) is 45.7 cm³/mol. The highest BCUT2D eigenvalue weighted by Gasteiger charge is 1.98. The Balaban J connectivity index is 2.57. The van der Waals surface area contributed by atoms with Crippen LogP contribution in [0.2, 0.25) is 0 Å². The fourth-order valence-electron chi connectivity index (χ4n) is 1.26. The zero-order valence-corrected chi connectivity index (χ0v) is 6.64. The molecule has 62 valence electrons. The largest absolute Gasteiger partial charge is 0.330 e. The van der Waals surface area contributed by atoms with Crippen LogP contribution in [0.1, 0.15) is 5.69 Å². The summed E-state index contributed by atoms with van der Waals surface area (Å²) in [6.07, 6.45) is 2.57. The summed E-state index contributed by atoms with van der Waals surface area (Å²) in [5.41, 5.74) is 7.49. The predicted octanol–water partition coefficient (Wildman–Crippen LogP) is 0.230. The molecule has 0 atom stereocenters. The van der Waals surface area contributed by atoms with E-state index >= 15 is 0 Å². The van der Waals surface area contributed by atoms with Crippen LogP contribution in [-0.2, 0) is 6.42 Å². The Morgan fingerprint density at radius 3 is 3.17 bits per heavy atom. The molecule has 0 saturated heterocycles. The van der Waals surface area contributed by atoms with E-state index < -0.39 is 0 Å². The Kier molecular flexibility index (Phi) is 1.75. The Morgan fingerprint density at radius 1 is 1.42 bits per heavy atom. The van der Waals surface area contributed by atoms with E-state index in [0.717, 1.165) is 17.8 Å². The van der Waals surface area contributed by atoms with Gasteiger partial charge in [0.25, 0.3) is 0 Å². The third-order valence-electron chi connectivity index (χ3n) is 1.82. The molecule has 2 N–H and O–H groups in total. The van der Waals surface area contributed by atoms with Crippen LogP contribution >= 0.6 is 0 Å². The minimum absolute atomic E-state index is 0.650. The molecule has 4 nitrogen and oxygen atoms in total. The van der Waals surface area contributed by atoms with E-state index in [9.17, 15) is 0 Å². The van der Waals surface area contributed by atoms with Gasteiger partial charge in [0.1, 0.15) is 6.33 Å². The number of fused-ring (bicyclic) bond motifs is 1. The van der Waals surface area contributed by atoms with Crippen molar-refractivity contribution < 1.29 is 0 Å². The highest BCUT2D eigenvalue weighted by Crippen LogP contribution is 2.03. The highest BCUT2D eigenvalue weighted by molar-refractivity contribution is 5.37. The van der Waals surface area contributed by atoms with Crippen LogP contribution in [0.5, 0.6) is 0 Å². The van der Waals surface area contributed by atoms with Gasteiger partial charge < -0.3 is 5.73 Å². The number of hydrogen-bond acceptors (Lipinski definition) is 3. The normalized spacial score (nSPS) is 10.8. The van der Waals surface area contributed by atoms with Gasteiger partial charge in [0, 0.05) is 12.1 Å². The lowest BCUT2D eigenvalue weighted by Gasteiger charge is -2.00. The Hall–Kier alpha value is -1.42. The third kappa shape index (κ3) is 1.06. The first kappa shape index (κ1) is 7.24. The van der Waals surface area contributed by atoms with Crippen molar-refractivity contribution >= 4 is 5.65 Å². The van der Waals surface area contributed by atoms with E-state index in [-0.39, 0.29) is 0 Å². The molecule has 0 radical (unpaired) electrons. The van der Waals surface area contributed by atoms with Crippen molar-refractivity contribution in [3.63, 3.8) is 0 Å². The van der Waals surface area contributed by atoms with Crippen molar-refractivity contribution in [2.75, 3.05) is 6.54 Å². The first-order chi connectivity index (χ1) is 5.92. The number of rotatable bonds is 2. The van der Waals surface area contributed by atoms with Gasteiger partial charge >= 0.3 is 0 Å². The fourth-order valence-corrected chi connectivity index (χ4v) is 1.26. The average Bonchev–Trinajstić information content (AvgIpc) is 2.53. The molecule has 2 rings (SSSR count). The summed E-state index contributed by atoms with van der Waals surface area (Å²) in [7, 11) is 0. The van der Waals surface area contributed by atoms with Gasteiger partial charge in [-0.15, -0.1) is 10.2 Å². The molecule has 0 bridgehead atoms. The monoisotopic (exact) mass is 162 g/mol. The smallest absolute Gasteiger partial charge is 0.160 e. The molecule has 0 aliphatic carbocycles. The number of nitrogens with zero attached hydrogens (tertiary/aromatic N) is 3. The van der Waals surface area contributed by atoms with Gasteiger partial charge in [-0.3, -0.25) is 4.40 Å². The number of pyridine rings is 1. The van der Waals surface area contributed by atoms with Crippen LogP contribution in [0.4, 0.5) is 0 Å². The minimum Gasteiger partial charge on any atom is -0.330 e. The molecule has 0 saturated carbocycles. The Morgan fingerprint density at radius 2 is 2.33 bits per heavy atom. The summed E-state index contributed by atoms with van der Waals surface area (Å²) in [6.45, 7) is 0.650. The van der Waals surface area contributed by atoms with Crippen LogP contribution in [0.3, 0.4) is 0 Å². The fraction of sp³-hybridized carbons (Fsp3) is 0.250. The van der Waals surface area contributed by atoms with Crippen LogP contribution in [0, 0.1) is 0 Å². The Bertz CT molecular complexity index is 379. The molecule has 4 heteroatoms. The van der Waals surface area contributed by atoms with Crippen molar-refractivity contribution in [1.29, 1.82) is 0 Å². The van der Waals surface area contributed by atoms with E-state index in [4.69, 9.17) is 5.73 Å². The molecule has 0 amide bonds. The lowest BCUT2D eigenvalue weighted by Crippen LogP contribution is -2.06. The van der Waals surface area contributed by atoms with Crippen molar-refractivity contribution in [3.8, 4) is 0 Å². The first-order valence-electron chi connectivity index (χ1n) is 3.89. The quantitative estimate of drug-likeness (QED) is 0.687. The van der Waals surface area contributed by atoms with Gasteiger partial charge in [0.2, 0.25) is 0 Å². The molecule has 0 aliphatic heterocycles. The maximum Gasteiger partial charge on any atom is 0.160 e. The number of nitrogens with two attached hydrogens (primary N) is 1. The number of hydrogen-bond donors (Lipinski definition) is 1. The van der Waals surface area contributed by atoms with E-state index in [1.807, 2.05) is 22.6 Å². The first-order valence-corrected chi connectivity index (χ1v) is 3.89. The van der Waals surface area contributed by atoms with Crippen LogP contribution in [-0.4, -0.2) is 21.1 Å². The van der Waals surface area contributed by atoms with Gasteiger partial charge in [0.15, 0.2) is 5.65 Å². The summed E-state index contributed by atoms with van der Waals surface area (Å²) in [6, 6.07) is 5.92. The van der Waals surface area contributed by atoms with Crippen LogP contribution in [0.15, 0.2) is 24.5 Å². The maximum atomic E-state index is 5.47. The van der Waals surface area contributed by atoms with Crippen molar-refractivity contribution in [2.45, 2.75) is 6.42 Å². The molecule has 0 spiro atoms. The van der Waals surface area contributed by atoms with Crippen molar-refractivity contribution in [2.24, 2.45) is 5.73 Å². The number of aromatic nitrogens is 3. The van der Waals surface area contributed by atoms with E-state index in [0.29, 0.717) is 6.54 Å². The van der Waals surface area contributed by atoms with Gasteiger partial charge in [-0.1, -0.05) is 6.07 Å². The molecule has 2 heterocycles. The molecular formula is C8H10N4. The molecule has 0 aliphatic rings. The minimum atomic E-state index is 0.650. The zero-order valence-electron chi connectivity index (χ0n) is 6.64.